The van der Waals surface area contributed by atoms with E-state index in [2.05, 4.69) is 0 Å². The Labute approximate surface area is 112 Å². The van der Waals surface area contributed by atoms with Gasteiger partial charge in [0.05, 0.1) is 0 Å². The predicted octanol–water partition coefficient (Wildman–Crippen LogP) is 1.84. The van der Waals surface area contributed by atoms with Crippen LogP contribution in [-0.4, -0.2) is 34.4 Å². The van der Waals surface area contributed by atoms with E-state index in [-0.39, 0.29) is 5.92 Å². The second-order valence-corrected chi connectivity index (χ2v) is 3.87. The van der Waals surface area contributed by atoms with Gasteiger partial charge in [-0.15, -0.1) is 0 Å². The Morgan fingerprint density at radius 2 is 1.55 bits per heavy atom. The molecule has 20 heavy (non-hydrogen) atoms. The summed E-state index contributed by atoms with van der Waals surface area (Å²) in [4.78, 5) is 19.5. The highest BCUT2D eigenvalue weighted by atomic mass is 19.4. The molecule has 1 aromatic rings. The van der Waals surface area contributed by atoms with Gasteiger partial charge in [-0.1, -0.05) is 37.3 Å². The van der Waals surface area contributed by atoms with Crippen LogP contribution in [0.5, 0.6) is 0 Å². The first-order valence-corrected chi connectivity index (χ1v) is 5.40. The first kappa shape index (κ1) is 17.9. The maximum atomic E-state index is 10.6. The largest absolute Gasteiger partial charge is 0.490 e. The van der Waals surface area contributed by atoms with Gasteiger partial charge >= 0.3 is 18.1 Å². The Morgan fingerprint density at radius 1 is 1.15 bits per heavy atom. The minimum absolute atomic E-state index is 0.154. The molecule has 0 fully saturated rings. The molecule has 0 heterocycles. The van der Waals surface area contributed by atoms with Crippen molar-refractivity contribution in [1.82, 2.24) is 0 Å². The van der Waals surface area contributed by atoms with Gasteiger partial charge in [0, 0.05) is 5.92 Å². The summed E-state index contributed by atoms with van der Waals surface area (Å²) in [6, 6.07) is 8.58. The van der Waals surface area contributed by atoms with E-state index in [1.54, 1.807) is 0 Å². The van der Waals surface area contributed by atoms with Crippen molar-refractivity contribution < 1.29 is 33.0 Å². The van der Waals surface area contributed by atoms with Crippen LogP contribution in [0, 0.1) is 0 Å². The second kappa shape index (κ2) is 7.49. The molecule has 0 aliphatic carbocycles. The molecule has 1 rings (SSSR count). The molecule has 0 bridgehead atoms. The molecule has 8 heteroatoms. The number of carbonyl (C=O) groups is 2. The van der Waals surface area contributed by atoms with Crippen LogP contribution < -0.4 is 5.73 Å². The van der Waals surface area contributed by atoms with Gasteiger partial charge in [-0.2, -0.15) is 13.2 Å². The zero-order chi connectivity index (χ0) is 15.9. The molecular weight excluding hydrogens is 279 g/mol. The molecule has 0 aliphatic heterocycles. The highest BCUT2D eigenvalue weighted by Gasteiger charge is 2.38. The Morgan fingerprint density at radius 3 is 1.85 bits per heavy atom. The van der Waals surface area contributed by atoms with Gasteiger partial charge in [0.15, 0.2) is 0 Å². The van der Waals surface area contributed by atoms with E-state index in [0.717, 1.165) is 5.56 Å². The zero-order valence-corrected chi connectivity index (χ0v) is 10.5. The summed E-state index contributed by atoms with van der Waals surface area (Å²) in [6.45, 7) is 1.81. The number of carboxylic acids is 2. The number of rotatable bonds is 3. The fourth-order valence-corrected chi connectivity index (χ4v) is 1.18. The summed E-state index contributed by atoms with van der Waals surface area (Å²) >= 11 is 0. The summed E-state index contributed by atoms with van der Waals surface area (Å²) in [5, 5.41) is 15.8. The van der Waals surface area contributed by atoms with E-state index >= 15 is 0 Å². The van der Waals surface area contributed by atoms with Gasteiger partial charge in [-0.05, 0) is 5.56 Å². The number of hydrogen-bond acceptors (Lipinski definition) is 3. The summed E-state index contributed by atoms with van der Waals surface area (Å²) in [5.74, 6) is -3.87. The lowest BCUT2D eigenvalue weighted by molar-refractivity contribution is -0.192. The van der Waals surface area contributed by atoms with E-state index in [4.69, 9.17) is 20.7 Å². The fraction of sp³-hybridized carbons (Fsp3) is 0.333. The summed E-state index contributed by atoms with van der Waals surface area (Å²) in [7, 11) is 0. The van der Waals surface area contributed by atoms with Crippen molar-refractivity contribution in [2.45, 2.75) is 25.1 Å². The molecule has 0 aromatic heterocycles. The molecule has 4 N–H and O–H groups in total. The first-order chi connectivity index (χ1) is 9.07. The Bertz CT molecular complexity index is 448. The summed E-state index contributed by atoms with van der Waals surface area (Å²) in [6.07, 6.45) is -5.08. The second-order valence-electron chi connectivity index (χ2n) is 3.87. The molecule has 5 nitrogen and oxygen atoms in total. The molecule has 112 valence electrons. The highest BCUT2D eigenvalue weighted by Crippen LogP contribution is 2.17. The van der Waals surface area contributed by atoms with Crippen molar-refractivity contribution in [3.63, 3.8) is 0 Å². The normalized spacial score (nSPS) is 13.7. The lowest BCUT2D eigenvalue weighted by atomic mass is 9.94. The quantitative estimate of drug-likeness (QED) is 0.789. The van der Waals surface area contributed by atoms with Crippen LogP contribution in [0.15, 0.2) is 30.3 Å². The average Bonchev–Trinajstić information content (AvgIpc) is 2.37. The number of benzene rings is 1. The zero-order valence-electron chi connectivity index (χ0n) is 10.5. The van der Waals surface area contributed by atoms with Gasteiger partial charge in [0.1, 0.15) is 6.04 Å². The van der Waals surface area contributed by atoms with Crippen LogP contribution in [0.4, 0.5) is 13.2 Å². The van der Waals surface area contributed by atoms with Crippen molar-refractivity contribution in [2.24, 2.45) is 5.73 Å². The fourth-order valence-electron chi connectivity index (χ4n) is 1.18. The van der Waals surface area contributed by atoms with E-state index in [1.165, 1.54) is 0 Å². The van der Waals surface area contributed by atoms with Crippen LogP contribution in [0.1, 0.15) is 18.4 Å². The van der Waals surface area contributed by atoms with E-state index in [9.17, 15) is 18.0 Å². The van der Waals surface area contributed by atoms with E-state index in [1.807, 2.05) is 37.3 Å². The number of carboxylic acid groups (broad SMARTS) is 2. The van der Waals surface area contributed by atoms with Crippen molar-refractivity contribution in [2.75, 3.05) is 0 Å². The molecular formula is C12H14F3NO4. The van der Waals surface area contributed by atoms with Crippen LogP contribution in [-0.2, 0) is 9.59 Å². The standard InChI is InChI=1S/C10H13NO2.C2HF3O2/c1-7(9(11)10(12)13)8-5-3-2-4-6-8;3-2(4,5)1(6)7/h2-7,9H,11H2,1H3,(H,12,13);(H,6,7)/t7-,9-;/m0./s1. The summed E-state index contributed by atoms with van der Waals surface area (Å²) < 4.78 is 31.7. The van der Waals surface area contributed by atoms with Crippen LogP contribution in [0.2, 0.25) is 0 Å². The molecule has 0 saturated heterocycles. The third kappa shape index (κ3) is 6.19. The first-order valence-electron chi connectivity index (χ1n) is 5.40. The molecule has 0 saturated carbocycles. The Balaban J connectivity index is 0.000000441. The number of alkyl halides is 3. The highest BCUT2D eigenvalue weighted by molar-refractivity contribution is 5.74. The van der Waals surface area contributed by atoms with Crippen LogP contribution in [0.3, 0.4) is 0 Å². The number of halogens is 3. The van der Waals surface area contributed by atoms with Gasteiger partial charge in [0.2, 0.25) is 0 Å². The van der Waals surface area contributed by atoms with Crippen molar-refractivity contribution >= 4 is 11.9 Å². The molecule has 0 spiro atoms. The molecule has 0 aliphatic rings. The number of aliphatic carboxylic acids is 2. The lowest BCUT2D eigenvalue weighted by Crippen LogP contribution is -2.35. The number of hydrogen-bond donors (Lipinski definition) is 3. The number of nitrogens with two attached hydrogens (primary N) is 1. The van der Waals surface area contributed by atoms with Crippen molar-refractivity contribution in [3.05, 3.63) is 35.9 Å². The molecule has 1 aromatic carbocycles. The van der Waals surface area contributed by atoms with Crippen LogP contribution >= 0.6 is 0 Å². The summed E-state index contributed by atoms with van der Waals surface area (Å²) in [5.41, 5.74) is 6.45. The monoisotopic (exact) mass is 293 g/mol. The predicted molar refractivity (Wildman–Crippen MR) is 64.2 cm³/mol. The van der Waals surface area contributed by atoms with Crippen molar-refractivity contribution in [3.8, 4) is 0 Å². The Hall–Kier alpha value is -2.09. The molecule has 2 atom stereocenters. The lowest BCUT2D eigenvalue weighted by Gasteiger charge is -2.15. The minimum atomic E-state index is -5.08. The molecule has 0 amide bonds. The topological polar surface area (TPSA) is 101 Å². The third-order valence-corrected chi connectivity index (χ3v) is 2.39. The van der Waals surface area contributed by atoms with Gasteiger partial charge in [-0.3, -0.25) is 4.79 Å². The van der Waals surface area contributed by atoms with Gasteiger partial charge in [-0.25, -0.2) is 4.79 Å². The van der Waals surface area contributed by atoms with E-state index in [0.29, 0.717) is 0 Å². The molecule has 0 radical (unpaired) electrons. The Kier molecular flexibility index (Phi) is 6.70. The molecule has 0 unspecified atom stereocenters. The van der Waals surface area contributed by atoms with Gasteiger partial charge in [0.25, 0.3) is 0 Å². The maximum absolute atomic E-state index is 10.6. The maximum Gasteiger partial charge on any atom is 0.490 e. The SMILES string of the molecule is C[C@@H](c1ccccc1)[C@H](N)C(=O)O.O=C(O)C(F)(F)F. The van der Waals surface area contributed by atoms with E-state index < -0.39 is 24.2 Å². The van der Waals surface area contributed by atoms with Crippen molar-refractivity contribution in [1.29, 1.82) is 0 Å². The average molecular weight is 293 g/mol. The van der Waals surface area contributed by atoms with Crippen LogP contribution in [0.25, 0.3) is 0 Å². The third-order valence-electron chi connectivity index (χ3n) is 2.39. The smallest absolute Gasteiger partial charge is 0.480 e. The van der Waals surface area contributed by atoms with Gasteiger partial charge < -0.3 is 15.9 Å². The minimum Gasteiger partial charge on any atom is -0.480 e.